The smallest absolute Gasteiger partial charge is 0.167 e. The Balaban J connectivity index is 1.79. The molecule has 1 aliphatic carbocycles. The van der Waals surface area contributed by atoms with Gasteiger partial charge in [-0.05, 0) is 56.8 Å². The van der Waals surface area contributed by atoms with Gasteiger partial charge in [0.25, 0.3) is 0 Å². The highest BCUT2D eigenvalue weighted by Gasteiger charge is 2.32. The predicted molar refractivity (Wildman–Crippen MR) is 82.3 cm³/mol. The van der Waals surface area contributed by atoms with Crippen molar-refractivity contribution in [1.82, 2.24) is 4.90 Å². The fourth-order valence-electron chi connectivity index (χ4n) is 3.81. The van der Waals surface area contributed by atoms with Gasteiger partial charge in [-0.2, -0.15) is 0 Å². The molecule has 2 unspecified atom stereocenters. The van der Waals surface area contributed by atoms with Gasteiger partial charge in [-0.3, -0.25) is 4.79 Å². The third-order valence-electron chi connectivity index (χ3n) is 4.94. The molecule has 20 heavy (non-hydrogen) atoms. The minimum Gasteiger partial charge on any atom is -0.303 e. The van der Waals surface area contributed by atoms with Crippen molar-refractivity contribution in [3.8, 4) is 0 Å². The minimum atomic E-state index is 0.206. The van der Waals surface area contributed by atoms with E-state index in [9.17, 15) is 4.79 Å². The number of rotatable bonds is 2. The lowest BCUT2D eigenvalue weighted by Gasteiger charge is -2.34. The van der Waals surface area contributed by atoms with Crippen molar-refractivity contribution in [2.75, 3.05) is 19.6 Å². The van der Waals surface area contributed by atoms with Gasteiger partial charge in [-0.15, -0.1) is 0 Å². The molecule has 0 N–H and O–H groups in total. The van der Waals surface area contributed by atoms with Gasteiger partial charge < -0.3 is 4.90 Å². The molecule has 2 atom stereocenters. The predicted octanol–water partition coefficient (Wildman–Crippen LogP) is 3.79. The second-order valence-corrected chi connectivity index (χ2v) is 6.65. The Hall–Kier alpha value is -1.15. The summed E-state index contributed by atoms with van der Waals surface area (Å²) in [5.74, 6) is 1.10. The van der Waals surface area contributed by atoms with Crippen molar-refractivity contribution >= 4 is 5.78 Å². The minimum absolute atomic E-state index is 0.206. The van der Waals surface area contributed by atoms with Gasteiger partial charge in [0, 0.05) is 18.0 Å². The third kappa shape index (κ3) is 2.67. The van der Waals surface area contributed by atoms with Crippen molar-refractivity contribution in [2.24, 2.45) is 5.92 Å². The van der Waals surface area contributed by atoms with E-state index in [1.807, 2.05) is 0 Å². The summed E-state index contributed by atoms with van der Waals surface area (Å²) in [7, 11) is 0. The summed E-state index contributed by atoms with van der Waals surface area (Å²) >= 11 is 0. The molecule has 0 saturated carbocycles. The van der Waals surface area contributed by atoms with Gasteiger partial charge in [-0.25, -0.2) is 0 Å². The fourth-order valence-corrected chi connectivity index (χ4v) is 3.81. The molecule has 0 bridgehead atoms. The van der Waals surface area contributed by atoms with Crippen molar-refractivity contribution < 1.29 is 4.79 Å². The molecule has 2 aliphatic rings. The van der Waals surface area contributed by atoms with Gasteiger partial charge in [0.2, 0.25) is 0 Å². The van der Waals surface area contributed by atoms with Crippen LogP contribution in [0, 0.1) is 12.8 Å². The number of nitrogens with zero attached hydrogens (tertiary/aromatic N) is 1. The lowest BCUT2D eigenvalue weighted by atomic mass is 9.76. The summed E-state index contributed by atoms with van der Waals surface area (Å²) < 4.78 is 0. The maximum Gasteiger partial charge on any atom is 0.167 e. The van der Waals surface area contributed by atoms with E-state index < -0.39 is 0 Å². The maximum absolute atomic E-state index is 12.8. The van der Waals surface area contributed by atoms with Crippen LogP contribution in [0.2, 0.25) is 0 Å². The molecular formula is C18H25NO. The van der Waals surface area contributed by atoms with Gasteiger partial charge >= 0.3 is 0 Å². The zero-order chi connectivity index (χ0) is 14.1. The summed E-state index contributed by atoms with van der Waals surface area (Å²) in [5, 5.41) is 0. The van der Waals surface area contributed by atoms with Crippen LogP contribution in [0.3, 0.4) is 0 Å². The standard InChI is InChI=1S/C18H25NO/c1-13-6-7-16-14(2)11-15(18(20)17(16)10-13)12-19-8-4-3-5-9-19/h6-7,10,14-15H,3-5,8-9,11-12H2,1-2H3. The molecule has 1 aromatic rings. The second kappa shape index (κ2) is 5.69. The third-order valence-corrected chi connectivity index (χ3v) is 4.94. The Bertz CT molecular complexity index is 502. The fraction of sp³-hybridized carbons (Fsp3) is 0.611. The largest absolute Gasteiger partial charge is 0.303 e. The van der Waals surface area contributed by atoms with Gasteiger partial charge in [0.15, 0.2) is 5.78 Å². The average molecular weight is 271 g/mol. The summed E-state index contributed by atoms with van der Waals surface area (Å²) in [6.45, 7) is 7.67. The van der Waals surface area contributed by atoms with Crippen molar-refractivity contribution in [1.29, 1.82) is 0 Å². The van der Waals surface area contributed by atoms with E-state index in [0.29, 0.717) is 11.7 Å². The molecule has 0 amide bonds. The van der Waals surface area contributed by atoms with Crippen LogP contribution >= 0.6 is 0 Å². The number of hydrogen-bond donors (Lipinski definition) is 0. The van der Waals surface area contributed by atoms with Gasteiger partial charge in [0.1, 0.15) is 0 Å². The molecule has 0 aromatic heterocycles. The van der Waals surface area contributed by atoms with Crippen LogP contribution in [0.15, 0.2) is 18.2 Å². The Labute approximate surface area is 122 Å². The first-order valence-corrected chi connectivity index (χ1v) is 8.02. The molecule has 1 aromatic carbocycles. The highest BCUT2D eigenvalue weighted by Crippen LogP contribution is 2.35. The zero-order valence-electron chi connectivity index (χ0n) is 12.7. The van der Waals surface area contributed by atoms with Crippen molar-refractivity contribution in [2.45, 2.75) is 45.4 Å². The van der Waals surface area contributed by atoms with Crippen LogP contribution in [0.25, 0.3) is 0 Å². The second-order valence-electron chi connectivity index (χ2n) is 6.65. The first kappa shape index (κ1) is 13.8. The molecule has 108 valence electrons. The number of aryl methyl sites for hydroxylation is 1. The molecule has 0 spiro atoms. The molecule has 1 fully saturated rings. The Morgan fingerprint density at radius 3 is 2.70 bits per heavy atom. The van der Waals surface area contributed by atoms with Crippen molar-refractivity contribution in [3.05, 3.63) is 34.9 Å². The molecule has 1 aliphatic heterocycles. The highest BCUT2D eigenvalue weighted by molar-refractivity contribution is 6.00. The summed E-state index contributed by atoms with van der Waals surface area (Å²) in [4.78, 5) is 15.3. The maximum atomic E-state index is 12.8. The Morgan fingerprint density at radius 2 is 1.95 bits per heavy atom. The van der Waals surface area contributed by atoms with E-state index in [-0.39, 0.29) is 5.92 Å². The first-order chi connectivity index (χ1) is 9.65. The molecular weight excluding hydrogens is 246 g/mol. The lowest BCUT2D eigenvalue weighted by Crippen LogP contribution is -2.39. The van der Waals surface area contributed by atoms with Crippen LogP contribution in [-0.2, 0) is 0 Å². The SMILES string of the molecule is Cc1ccc2c(c1)C(=O)C(CN1CCCCC1)CC2C. The number of ketones is 1. The molecule has 2 nitrogen and oxygen atoms in total. The number of hydrogen-bond acceptors (Lipinski definition) is 2. The topological polar surface area (TPSA) is 20.3 Å². The number of piperidine rings is 1. The van der Waals surface area contributed by atoms with E-state index in [4.69, 9.17) is 0 Å². The summed E-state index contributed by atoms with van der Waals surface area (Å²) in [5.41, 5.74) is 3.45. The number of benzene rings is 1. The van der Waals surface area contributed by atoms with Gasteiger partial charge in [0.05, 0.1) is 0 Å². The number of fused-ring (bicyclic) bond motifs is 1. The van der Waals surface area contributed by atoms with E-state index in [0.717, 1.165) is 18.5 Å². The number of likely N-dealkylation sites (tertiary alicyclic amines) is 1. The summed E-state index contributed by atoms with van der Waals surface area (Å²) in [6, 6.07) is 6.38. The molecule has 3 rings (SSSR count). The van der Waals surface area contributed by atoms with Crippen molar-refractivity contribution in [3.63, 3.8) is 0 Å². The number of Topliss-reactive ketones (excluding diaryl/α,β-unsaturated/α-hetero) is 1. The van der Waals surface area contributed by atoms with E-state index >= 15 is 0 Å². The molecule has 2 heteroatoms. The molecule has 1 saturated heterocycles. The zero-order valence-corrected chi connectivity index (χ0v) is 12.7. The number of carbonyl (C=O) groups excluding carboxylic acids is 1. The molecule has 1 heterocycles. The van der Waals surface area contributed by atoms with E-state index in [2.05, 4.69) is 36.9 Å². The monoisotopic (exact) mass is 271 g/mol. The number of carbonyl (C=O) groups is 1. The highest BCUT2D eigenvalue weighted by atomic mass is 16.1. The van der Waals surface area contributed by atoms with E-state index in [1.54, 1.807) is 0 Å². The average Bonchev–Trinajstić information content (AvgIpc) is 2.45. The van der Waals surface area contributed by atoms with Crippen LogP contribution in [-0.4, -0.2) is 30.3 Å². The first-order valence-electron chi connectivity index (χ1n) is 8.02. The Kier molecular flexibility index (Phi) is 3.93. The quantitative estimate of drug-likeness (QED) is 0.815. The lowest BCUT2D eigenvalue weighted by molar-refractivity contribution is 0.0835. The summed E-state index contributed by atoms with van der Waals surface area (Å²) in [6.07, 6.45) is 4.97. The van der Waals surface area contributed by atoms with Gasteiger partial charge in [-0.1, -0.05) is 31.0 Å². The molecule has 0 radical (unpaired) electrons. The normalized spacial score (nSPS) is 27.4. The van der Waals surface area contributed by atoms with Crippen LogP contribution in [0.4, 0.5) is 0 Å². The van der Waals surface area contributed by atoms with Crippen LogP contribution < -0.4 is 0 Å². The van der Waals surface area contributed by atoms with Crippen LogP contribution in [0.1, 0.15) is 60.0 Å². The Morgan fingerprint density at radius 1 is 1.20 bits per heavy atom. The van der Waals surface area contributed by atoms with Crippen LogP contribution in [0.5, 0.6) is 0 Å². The van der Waals surface area contributed by atoms with E-state index in [1.165, 1.54) is 43.5 Å².